The summed E-state index contributed by atoms with van der Waals surface area (Å²) >= 11 is 0. The molecule has 0 bridgehead atoms. The number of nitrogens with zero attached hydrogens (tertiary/aromatic N) is 2. The first-order valence-electron chi connectivity index (χ1n) is 4.98. The minimum Gasteiger partial charge on any atom is -0.381 e. The van der Waals surface area contributed by atoms with Gasteiger partial charge in [0.15, 0.2) is 5.82 Å². The van der Waals surface area contributed by atoms with E-state index in [2.05, 4.69) is 10.1 Å². The van der Waals surface area contributed by atoms with Crippen molar-refractivity contribution in [2.75, 3.05) is 13.2 Å². The van der Waals surface area contributed by atoms with E-state index in [1.807, 2.05) is 6.92 Å². The zero-order valence-corrected chi connectivity index (χ0v) is 8.27. The van der Waals surface area contributed by atoms with Gasteiger partial charge in [0.25, 0.3) is 0 Å². The van der Waals surface area contributed by atoms with Gasteiger partial charge < -0.3 is 15.0 Å². The number of rotatable bonds is 3. The van der Waals surface area contributed by atoms with Gasteiger partial charge in [-0.05, 0) is 12.8 Å². The van der Waals surface area contributed by atoms with Gasteiger partial charge in [0.05, 0.1) is 12.6 Å². The molecule has 1 aliphatic heterocycles. The Morgan fingerprint density at radius 1 is 1.64 bits per heavy atom. The van der Waals surface area contributed by atoms with Gasteiger partial charge in [-0.25, -0.2) is 0 Å². The molecule has 2 unspecified atom stereocenters. The van der Waals surface area contributed by atoms with Gasteiger partial charge in [-0.15, -0.1) is 0 Å². The molecule has 0 aromatic carbocycles. The van der Waals surface area contributed by atoms with Crippen LogP contribution < -0.4 is 5.73 Å². The Kier molecular flexibility index (Phi) is 2.79. The van der Waals surface area contributed by atoms with Crippen LogP contribution in [0.1, 0.15) is 43.4 Å². The van der Waals surface area contributed by atoms with Crippen molar-refractivity contribution in [2.45, 2.75) is 31.7 Å². The van der Waals surface area contributed by atoms with Gasteiger partial charge in [0.2, 0.25) is 5.89 Å². The van der Waals surface area contributed by atoms with Gasteiger partial charge in [0, 0.05) is 12.5 Å². The van der Waals surface area contributed by atoms with E-state index in [1.54, 1.807) is 0 Å². The van der Waals surface area contributed by atoms with Crippen LogP contribution in [-0.2, 0) is 4.74 Å². The average molecular weight is 197 g/mol. The van der Waals surface area contributed by atoms with Gasteiger partial charge in [-0.1, -0.05) is 12.1 Å². The summed E-state index contributed by atoms with van der Waals surface area (Å²) < 4.78 is 10.3. The van der Waals surface area contributed by atoms with E-state index >= 15 is 0 Å². The first kappa shape index (κ1) is 9.61. The molecule has 5 heteroatoms. The molecule has 1 saturated heterocycles. The highest BCUT2D eigenvalue weighted by molar-refractivity contribution is 4.99. The largest absolute Gasteiger partial charge is 0.381 e. The first-order chi connectivity index (χ1) is 6.81. The summed E-state index contributed by atoms with van der Waals surface area (Å²) in [5, 5.41) is 3.92. The third-order valence-electron chi connectivity index (χ3n) is 2.51. The number of hydrogen-bond donors (Lipinski definition) is 1. The predicted octanol–water partition coefficient (Wildman–Crippen LogP) is 0.983. The van der Waals surface area contributed by atoms with Crippen LogP contribution in [0, 0.1) is 0 Å². The molecule has 5 nitrogen and oxygen atoms in total. The number of nitrogens with two attached hydrogens (primary N) is 1. The standard InChI is InChI=1S/C9H15N3O2/c1-2-7(10)9-11-8(12-14-9)6-3-4-13-5-6/h6-7H,2-5,10H2,1H3. The molecule has 1 aromatic rings. The second-order valence-electron chi connectivity index (χ2n) is 3.57. The average Bonchev–Trinajstić information content (AvgIpc) is 2.86. The van der Waals surface area contributed by atoms with Crippen LogP contribution in [0.5, 0.6) is 0 Å². The molecule has 14 heavy (non-hydrogen) atoms. The van der Waals surface area contributed by atoms with Crippen molar-refractivity contribution in [1.82, 2.24) is 10.1 Å². The lowest BCUT2D eigenvalue weighted by Gasteiger charge is -2.00. The Hall–Kier alpha value is -0.940. The fourth-order valence-corrected chi connectivity index (χ4v) is 1.48. The fraction of sp³-hybridized carbons (Fsp3) is 0.778. The Morgan fingerprint density at radius 3 is 3.14 bits per heavy atom. The Bertz CT molecular complexity index is 294. The molecular formula is C9H15N3O2. The maximum absolute atomic E-state index is 5.78. The van der Waals surface area contributed by atoms with Crippen molar-refractivity contribution in [3.63, 3.8) is 0 Å². The van der Waals surface area contributed by atoms with Crippen LogP contribution in [0.15, 0.2) is 4.52 Å². The van der Waals surface area contributed by atoms with E-state index in [4.69, 9.17) is 15.0 Å². The molecule has 1 aromatic heterocycles. The number of aromatic nitrogens is 2. The molecule has 0 amide bonds. The monoisotopic (exact) mass is 197 g/mol. The van der Waals surface area contributed by atoms with E-state index in [0.717, 1.165) is 25.3 Å². The predicted molar refractivity (Wildman–Crippen MR) is 49.7 cm³/mol. The molecule has 1 fully saturated rings. The smallest absolute Gasteiger partial charge is 0.243 e. The molecule has 0 radical (unpaired) electrons. The van der Waals surface area contributed by atoms with Crippen molar-refractivity contribution in [3.05, 3.63) is 11.7 Å². The highest BCUT2D eigenvalue weighted by Crippen LogP contribution is 2.23. The lowest BCUT2D eigenvalue weighted by Crippen LogP contribution is -2.09. The van der Waals surface area contributed by atoms with Crippen LogP contribution in [0.25, 0.3) is 0 Å². The summed E-state index contributed by atoms with van der Waals surface area (Å²) in [6.07, 6.45) is 1.78. The molecule has 0 spiro atoms. The Morgan fingerprint density at radius 2 is 2.50 bits per heavy atom. The lowest BCUT2D eigenvalue weighted by atomic mass is 10.1. The maximum atomic E-state index is 5.78. The third-order valence-corrected chi connectivity index (χ3v) is 2.51. The summed E-state index contributed by atoms with van der Waals surface area (Å²) in [5.74, 6) is 1.56. The van der Waals surface area contributed by atoms with Gasteiger partial charge >= 0.3 is 0 Å². The zero-order chi connectivity index (χ0) is 9.97. The van der Waals surface area contributed by atoms with Gasteiger partial charge in [-0.2, -0.15) is 4.98 Å². The summed E-state index contributed by atoms with van der Waals surface area (Å²) in [7, 11) is 0. The van der Waals surface area contributed by atoms with Crippen LogP contribution in [-0.4, -0.2) is 23.4 Å². The van der Waals surface area contributed by atoms with E-state index < -0.39 is 0 Å². The second-order valence-corrected chi connectivity index (χ2v) is 3.57. The van der Waals surface area contributed by atoms with Gasteiger partial charge in [0.1, 0.15) is 0 Å². The summed E-state index contributed by atoms with van der Waals surface area (Å²) in [6, 6.07) is -0.140. The molecule has 2 N–H and O–H groups in total. The minimum atomic E-state index is -0.140. The molecule has 78 valence electrons. The fourth-order valence-electron chi connectivity index (χ4n) is 1.48. The van der Waals surface area contributed by atoms with Crippen molar-refractivity contribution >= 4 is 0 Å². The highest BCUT2D eigenvalue weighted by Gasteiger charge is 2.24. The minimum absolute atomic E-state index is 0.140. The molecule has 0 aliphatic carbocycles. The molecule has 2 rings (SSSR count). The van der Waals surface area contributed by atoms with Crippen LogP contribution in [0.2, 0.25) is 0 Å². The second kappa shape index (κ2) is 4.06. The van der Waals surface area contributed by atoms with Crippen molar-refractivity contribution in [1.29, 1.82) is 0 Å². The summed E-state index contributed by atoms with van der Waals surface area (Å²) in [6.45, 7) is 3.47. The number of hydrogen-bond acceptors (Lipinski definition) is 5. The van der Waals surface area contributed by atoms with Crippen molar-refractivity contribution in [3.8, 4) is 0 Å². The van der Waals surface area contributed by atoms with Crippen molar-refractivity contribution in [2.24, 2.45) is 5.73 Å². The van der Waals surface area contributed by atoms with Gasteiger partial charge in [-0.3, -0.25) is 0 Å². The Labute approximate surface area is 82.6 Å². The van der Waals surface area contributed by atoms with Crippen LogP contribution in [0.4, 0.5) is 0 Å². The van der Waals surface area contributed by atoms with E-state index in [-0.39, 0.29) is 12.0 Å². The maximum Gasteiger partial charge on any atom is 0.243 e. The SMILES string of the molecule is CCC(N)c1nc(C2CCOC2)no1. The molecule has 2 atom stereocenters. The third kappa shape index (κ3) is 1.78. The van der Waals surface area contributed by atoms with Crippen LogP contribution in [0.3, 0.4) is 0 Å². The van der Waals surface area contributed by atoms with E-state index in [1.165, 1.54) is 0 Å². The first-order valence-corrected chi connectivity index (χ1v) is 4.98. The summed E-state index contributed by atoms with van der Waals surface area (Å²) in [4.78, 5) is 4.28. The topological polar surface area (TPSA) is 74.2 Å². The van der Waals surface area contributed by atoms with E-state index in [0.29, 0.717) is 12.5 Å². The normalized spacial score (nSPS) is 24.0. The van der Waals surface area contributed by atoms with E-state index in [9.17, 15) is 0 Å². The van der Waals surface area contributed by atoms with Crippen LogP contribution >= 0.6 is 0 Å². The summed E-state index contributed by atoms with van der Waals surface area (Å²) in [5.41, 5.74) is 5.78. The zero-order valence-electron chi connectivity index (χ0n) is 8.27. The highest BCUT2D eigenvalue weighted by atomic mass is 16.5. The Balaban J connectivity index is 2.08. The van der Waals surface area contributed by atoms with Crippen molar-refractivity contribution < 1.29 is 9.26 Å². The molecule has 2 heterocycles. The number of ether oxygens (including phenoxy) is 1. The molecule has 0 saturated carbocycles. The molecular weight excluding hydrogens is 182 g/mol. The lowest BCUT2D eigenvalue weighted by molar-refractivity contribution is 0.192. The molecule has 1 aliphatic rings. The quantitative estimate of drug-likeness (QED) is 0.781.